The number of halogens is 2. The van der Waals surface area contributed by atoms with E-state index in [0.29, 0.717) is 5.31 Å². The fourth-order valence-corrected chi connectivity index (χ4v) is 6.42. The average Bonchev–Trinajstić information content (AvgIpc) is 2.70. The van der Waals surface area contributed by atoms with Gasteiger partial charge in [-0.25, -0.2) is 0 Å². The van der Waals surface area contributed by atoms with Gasteiger partial charge in [-0.3, -0.25) is 0 Å². The zero-order valence-corrected chi connectivity index (χ0v) is 15.2. The molecule has 4 heteroatoms. The van der Waals surface area contributed by atoms with Crippen LogP contribution in [-0.2, 0) is 23.2 Å². The van der Waals surface area contributed by atoms with Crippen LogP contribution in [0.4, 0.5) is 0 Å². The molecule has 2 rings (SSSR count). The molecule has 0 fully saturated rings. The second-order valence-corrected chi connectivity index (χ2v) is 9.27. The zero-order chi connectivity index (χ0) is 11.6. The first-order valence-corrected chi connectivity index (χ1v) is 8.52. The van der Waals surface area contributed by atoms with Crippen LogP contribution < -0.4 is 24.8 Å². The molecular weight excluding hydrogens is 341 g/mol. The third kappa shape index (κ3) is 4.87. The molecule has 0 aromatic carbocycles. The Morgan fingerprint density at radius 3 is 2.28 bits per heavy atom. The smallest absolute Gasteiger partial charge is 1.00 e. The van der Waals surface area contributed by atoms with Crippen LogP contribution in [0, 0.1) is 0 Å². The van der Waals surface area contributed by atoms with Gasteiger partial charge in [0.15, 0.2) is 0 Å². The molecule has 0 radical (unpaired) electrons. The molecule has 0 aromatic rings. The van der Waals surface area contributed by atoms with Crippen LogP contribution in [-0.4, -0.2) is 6.71 Å². The SMILES string of the molecule is CC(C)(C)B1CC=CC=[C]1[Zr+2][C]1=CC=CC1.[Cl-].[Cl-]. The van der Waals surface area contributed by atoms with Crippen LogP contribution in [0.2, 0.25) is 11.6 Å². The van der Waals surface area contributed by atoms with Gasteiger partial charge in [-0.2, -0.15) is 0 Å². The third-order valence-electron chi connectivity index (χ3n) is 3.28. The molecule has 0 saturated heterocycles. The van der Waals surface area contributed by atoms with Crippen LogP contribution in [0.3, 0.4) is 0 Å². The van der Waals surface area contributed by atoms with Crippen molar-refractivity contribution in [2.24, 2.45) is 0 Å². The third-order valence-corrected chi connectivity index (χ3v) is 6.96. The van der Waals surface area contributed by atoms with Gasteiger partial charge in [0.2, 0.25) is 0 Å². The molecule has 0 aromatic heterocycles. The summed E-state index contributed by atoms with van der Waals surface area (Å²) in [6.45, 7) is 7.92. The van der Waals surface area contributed by atoms with Gasteiger partial charge in [0, 0.05) is 0 Å². The number of rotatable bonds is 2. The van der Waals surface area contributed by atoms with Crippen molar-refractivity contribution < 1.29 is 48.0 Å². The molecule has 0 N–H and O–H groups in total. The van der Waals surface area contributed by atoms with E-state index in [4.69, 9.17) is 0 Å². The quantitative estimate of drug-likeness (QED) is 0.511. The molecule has 0 unspecified atom stereocenters. The minimum Gasteiger partial charge on any atom is -1.00 e. The van der Waals surface area contributed by atoms with E-state index in [0.717, 1.165) is 6.71 Å². The Morgan fingerprint density at radius 2 is 1.72 bits per heavy atom. The average molecular weight is 360 g/mol. The van der Waals surface area contributed by atoms with Crippen molar-refractivity contribution in [3.05, 3.63) is 42.9 Å². The molecule has 1 aliphatic heterocycles. The van der Waals surface area contributed by atoms with Crippen molar-refractivity contribution in [1.29, 1.82) is 0 Å². The molecule has 0 amide bonds. The summed E-state index contributed by atoms with van der Waals surface area (Å²) in [5.41, 5.74) is 0. The number of hydrogen-bond donors (Lipinski definition) is 0. The first-order chi connectivity index (χ1) is 7.57. The molecule has 1 aliphatic carbocycles. The Balaban J connectivity index is 0.00000144. The topological polar surface area (TPSA) is 0 Å². The number of hydrogen-bond acceptors (Lipinski definition) is 0. The van der Waals surface area contributed by atoms with Crippen LogP contribution in [0.15, 0.2) is 42.9 Å². The summed E-state index contributed by atoms with van der Waals surface area (Å²) in [6, 6.07) is 0. The van der Waals surface area contributed by atoms with E-state index < -0.39 is 23.2 Å². The standard InChI is InChI=1S/C9H14B.C5H5.2ClH.Zr/c1-9(2,3)10-7-5-4-6-8-10;1-2-4-5-3-1;;;/h4-6H,7H2,1-3H3;1-3H,4H2;2*1H;/q;;;;+2/p-2. The minimum atomic E-state index is -0.478. The van der Waals surface area contributed by atoms with E-state index in [9.17, 15) is 0 Å². The number of allylic oxidation sites excluding steroid dienone is 7. The molecule has 96 valence electrons. The van der Waals surface area contributed by atoms with Gasteiger partial charge in [-0.05, 0) is 0 Å². The summed E-state index contributed by atoms with van der Waals surface area (Å²) in [7, 11) is 0. The second-order valence-electron chi connectivity index (χ2n) is 5.65. The van der Waals surface area contributed by atoms with Crippen molar-refractivity contribution >= 4 is 6.71 Å². The van der Waals surface area contributed by atoms with Gasteiger partial charge in [-0.1, -0.05) is 0 Å². The van der Waals surface area contributed by atoms with Gasteiger partial charge >= 0.3 is 112 Å². The van der Waals surface area contributed by atoms with Crippen molar-refractivity contribution in [2.75, 3.05) is 0 Å². The van der Waals surface area contributed by atoms with Crippen LogP contribution >= 0.6 is 0 Å². The van der Waals surface area contributed by atoms with Gasteiger partial charge in [0.05, 0.1) is 0 Å². The maximum atomic E-state index is 2.41. The van der Waals surface area contributed by atoms with E-state index in [1.807, 2.05) is 0 Å². The van der Waals surface area contributed by atoms with E-state index in [-0.39, 0.29) is 24.8 Å². The molecule has 18 heavy (non-hydrogen) atoms. The maximum absolute atomic E-state index is 2.41. The molecule has 0 spiro atoms. The van der Waals surface area contributed by atoms with Crippen molar-refractivity contribution in [1.82, 2.24) is 0 Å². The van der Waals surface area contributed by atoms with Gasteiger partial charge in [0.1, 0.15) is 0 Å². The normalized spacial score (nSPS) is 17.4. The van der Waals surface area contributed by atoms with E-state index >= 15 is 0 Å². The predicted octanol–water partition coefficient (Wildman–Crippen LogP) is -1.79. The predicted molar refractivity (Wildman–Crippen MR) is 69.3 cm³/mol. The summed E-state index contributed by atoms with van der Waals surface area (Å²) in [4.78, 5) is 0. The molecule has 2 aliphatic rings. The van der Waals surface area contributed by atoms with E-state index in [1.54, 1.807) is 6.46 Å². The second kappa shape index (κ2) is 7.93. The molecule has 0 atom stereocenters. The van der Waals surface area contributed by atoms with Gasteiger partial charge in [0.25, 0.3) is 0 Å². The van der Waals surface area contributed by atoms with Crippen LogP contribution in [0.1, 0.15) is 27.2 Å². The largest absolute Gasteiger partial charge is 1.00 e. The minimum absolute atomic E-state index is 0. The van der Waals surface area contributed by atoms with Gasteiger partial charge < -0.3 is 24.8 Å². The van der Waals surface area contributed by atoms with Crippen molar-refractivity contribution in [3.8, 4) is 0 Å². The summed E-state index contributed by atoms with van der Waals surface area (Å²) in [5.74, 6) is 0. The Morgan fingerprint density at radius 1 is 1.06 bits per heavy atom. The summed E-state index contributed by atoms with van der Waals surface area (Å²) >= 11 is -0.478. The van der Waals surface area contributed by atoms with E-state index in [1.165, 1.54) is 12.7 Å². The molecule has 0 nitrogen and oxygen atoms in total. The molecular formula is C14H19BCl2Zr. The maximum Gasteiger partial charge on any atom is -1.00 e. The van der Waals surface area contributed by atoms with E-state index in [2.05, 4.69) is 57.2 Å². The van der Waals surface area contributed by atoms with Crippen molar-refractivity contribution in [3.63, 3.8) is 0 Å². The molecule has 0 bridgehead atoms. The summed E-state index contributed by atoms with van der Waals surface area (Å²) in [6.07, 6.45) is 16.3. The Kier molecular flexibility index (Phi) is 8.14. The Labute approximate surface area is 136 Å². The summed E-state index contributed by atoms with van der Waals surface area (Å²) < 4.78 is 3.52. The van der Waals surface area contributed by atoms with Gasteiger partial charge in [-0.15, -0.1) is 0 Å². The monoisotopic (exact) mass is 358 g/mol. The Hall–Kier alpha value is 0.488. The fourth-order valence-electron chi connectivity index (χ4n) is 2.30. The first kappa shape index (κ1) is 18.5. The molecule has 0 saturated carbocycles. The van der Waals surface area contributed by atoms with Crippen molar-refractivity contribution in [2.45, 2.75) is 38.8 Å². The van der Waals surface area contributed by atoms with Crippen LogP contribution in [0.5, 0.6) is 0 Å². The first-order valence-electron chi connectivity index (χ1n) is 6.07. The zero-order valence-electron chi connectivity index (χ0n) is 11.2. The summed E-state index contributed by atoms with van der Waals surface area (Å²) in [5, 5.41) is 0.421. The fraction of sp³-hybridized carbons (Fsp3) is 0.429. The Bertz CT molecular complexity index is 389. The molecule has 1 heterocycles. The van der Waals surface area contributed by atoms with Crippen LogP contribution in [0.25, 0.3) is 0 Å².